The lowest BCUT2D eigenvalue weighted by molar-refractivity contribution is -0.0270. The molecule has 0 aliphatic heterocycles. The largest absolute Gasteiger partial charge is 0.386 e. The highest BCUT2D eigenvalue weighted by molar-refractivity contribution is 5.19. The van der Waals surface area contributed by atoms with Crippen LogP contribution in [0.25, 0.3) is 0 Å². The molecule has 18 heavy (non-hydrogen) atoms. The highest BCUT2D eigenvalue weighted by Gasteiger charge is 2.44. The van der Waals surface area contributed by atoms with Crippen LogP contribution in [0.5, 0.6) is 0 Å². The Morgan fingerprint density at radius 2 is 2.00 bits per heavy atom. The first-order valence-electron chi connectivity index (χ1n) is 7.07. The first-order chi connectivity index (χ1) is 8.74. The molecule has 1 heterocycles. The molecule has 0 bridgehead atoms. The van der Waals surface area contributed by atoms with Crippen LogP contribution in [-0.2, 0) is 0 Å². The topological polar surface area (TPSA) is 36.4 Å². The fraction of sp³-hybridized carbons (Fsp3) is 0.667. The Hall–Kier alpha value is -0.930. The molecule has 3 nitrogen and oxygen atoms in total. The predicted octanol–water partition coefficient (Wildman–Crippen LogP) is 2.77. The average molecular weight is 248 g/mol. The molecule has 100 valence electrons. The van der Waals surface area contributed by atoms with Crippen molar-refractivity contribution in [3.05, 3.63) is 30.1 Å². The zero-order chi connectivity index (χ0) is 13.0. The highest BCUT2D eigenvalue weighted by atomic mass is 16.3. The molecule has 0 aromatic carbocycles. The summed E-state index contributed by atoms with van der Waals surface area (Å²) in [5, 5.41) is 10.8. The third kappa shape index (κ3) is 2.29. The van der Waals surface area contributed by atoms with Crippen molar-refractivity contribution in [2.75, 3.05) is 13.1 Å². The van der Waals surface area contributed by atoms with Gasteiger partial charge in [0, 0.05) is 18.0 Å². The monoisotopic (exact) mass is 248 g/mol. The molecule has 1 aromatic rings. The van der Waals surface area contributed by atoms with E-state index in [-0.39, 0.29) is 5.54 Å². The number of likely N-dealkylation sites (N-methyl/N-ethyl adjacent to an activating group) is 1. The number of aliphatic hydroxyl groups is 1. The van der Waals surface area contributed by atoms with Crippen LogP contribution in [0, 0.1) is 0 Å². The summed E-state index contributed by atoms with van der Waals surface area (Å²) in [5.74, 6) is 0. The van der Waals surface area contributed by atoms with E-state index in [0.717, 1.165) is 31.5 Å². The third-order valence-corrected chi connectivity index (χ3v) is 4.37. The van der Waals surface area contributed by atoms with E-state index in [0.29, 0.717) is 0 Å². The number of aliphatic hydroxyl groups excluding tert-OH is 1. The summed E-state index contributed by atoms with van der Waals surface area (Å²) in [4.78, 5) is 6.57. The molecule has 1 aliphatic carbocycles. The molecule has 1 saturated carbocycles. The molecule has 0 saturated heterocycles. The normalized spacial score (nSPS) is 20.2. The smallest absolute Gasteiger partial charge is 0.0988 e. The molecule has 0 amide bonds. The summed E-state index contributed by atoms with van der Waals surface area (Å²) in [6.45, 7) is 6.35. The fourth-order valence-corrected chi connectivity index (χ4v) is 3.45. The van der Waals surface area contributed by atoms with Crippen molar-refractivity contribution < 1.29 is 5.11 Å². The Labute approximate surface area is 110 Å². The second-order valence-corrected chi connectivity index (χ2v) is 5.17. The molecule has 0 radical (unpaired) electrons. The average Bonchev–Trinajstić information content (AvgIpc) is 2.91. The predicted molar refractivity (Wildman–Crippen MR) is 73.3 cm³/mol. The van der Waals surface area contributed by atoms with Crippen molar-refractivity contribution in [3.63, 3.8) is 0 Å². The molecule has 3 heteroatoms. The van der Waals surface area contributed by atoms with Gasteiger partial charge in [-0.05, 0) is 32.0 Å². The molecular weight excluding hydrogens is 224 g/mol. The van der Waals surface area contributed by atoms with Gasteiger partial charge >= 0.3 is 0 Å². The summed E-state index contributed by atoms with van der Waals surface area (Å²) >= 11 is 0. The maximum Gasteiger partial charge on any atom is 0.0988 e. The van der Waals surface area contributed by atoms with Crippen molar-refractivity contribution in [3.8, 4) is 0 Å². The molecule has 2 rings (SSSR count). The third-order valence-electron chi connectivity index (χ3n) is 4.37. The van der Waals surface area contributed by atoms with E-state index < -0.39 is 6.10 Å². The van der Waals surface area contributed by atoms with E-state index in [1.807, 2.05) is 12.1 Å². The second kappa shape index (κ2) is 5.81. The van der Waals surface area contributed by atoms with Crippen molar-refractivity contribution in [1.29, 1.82) is 0 Å². The maximum atomic E-state index is 10.8. The van der Waals surface area contributed by atoms with E-state index in [9.17, 15) is 5.11 Å². The summed E-state index contributed by atoms with van der Waals surface area (Å²) in [6.07, 6.45) is 7.74. The van der Waals surface area contributed by atoms with Crippen molar-refractivity contribution >= 4 is 0 Å². The maximum absolute atomic E-state index is 10.8. The molecule has 1 unspecified atom stereocenters. The van der Waals surface area contributed by atoms with Crippen LogP contribution in [0.4, 0.5) is 0 Å². The molecule has 1 aliphatic rings. The van der Waals surface area contributed by atoms with E-state index >= 15 is 0 Å². The zero-order valence-electron chi connectivity index (χ0n) is 11.5. The Balaban J connectivity index is 2.30. The van der Waals surface area contributed by atoms with Crippen LogP contribution in [0.1, 0.15) is 51.2 Å². The van der Waals surface area contributed by atoms with Gasteiger partial charge in [0.1, 0.15) is 0 Å². The number of rotatable bonds is 5. The van der Waals surface area contributed by atoms with Gasteiger partial charge in [-0.15, -0.1) is 0 Å². The second-order valence-electron chi connectivity index (χ2n) is 5.17. The van der Waals surface area contributed by atoms with Gasteiger partial charge in [0.25, 0.3) is 0 Å². The first-order valence-corrected chi connectivity index (χ1v) is 7.07. The Bertz CT molecular complexity index is 356. The van der Waals surface area contributed by atoms with Crippen LogP contribution in [-0.4, -0.2) is 33.6 Å². The van der Waals surface area contributed by atoms with Gasteiger partial charge in [0.2, 0.25) is 0 Å². The molecule has 1 N–H and O–H groups in total. The van der Waals surface area contributed by atoms with Gasteiger partial charge in [0.15, 0.2) is 0 Å². The van der Waals surface area contributed by atoms with Gasteiger partial charge in [-0.3, -0.25) is 9.88 Å². The van der Waals surface area contributed by atoms with Gasteiger partial charge in [0.05, 0.1) is 11.6 Å². The van der Waals surface area contributed by atoms with Crippen molar-refractivity contribution in [1.82, 2.24) is 9.88 Å². The Morgan fingerprint density at radius 1 is 1.33 bits per heavy atom. The molecule has 1 fully saturated rings. The highest BCUT2D eigenvalue weighted by Crippen LogP contribution is 2.44. The van der Waals surface area contributed by atoms with Crippen LogP contribution in [0.15, 0.2) is 24.5 Å². The summed E-state index contributed by atoms with van der Waals surface area (Å²) < 4.78 is 0. The first kappa shape index (κ1) is 13.5. The minimum Gasteiger partial charge on any atom is -0.386 e. The van der Waals surface area contributed by atoms with Crippen LogP contribution >= 0.6 is 0 Å². The molecule has 1 atom stereocenters. The lowest BCUT2D eigenvalue weighted by Crippen LogP contribution is -2.51. The van der Waals surface area contributed by atoms with Gasteiger partial charge < -0.3 is 5.11 Å². The van der Waals surface area contributed by atoms with Crippen LogP contribution in [0.2, 0.25) is 0 Å². The SMILES string of the molecule is CCN(CC)C1(C(O)c2cccnc2)CCCC1. The molecule has 1 aromatic heterocycles. The fourth-order valence-electron chi connectivity index (χ4n) is 3.45. The van der Waals surface area contributed by atoms with E-state index in [2.05, 4.69) is 23.7 Å². The van der Waals surface area contributed by atoms with Crippen LogP contribution in [0.3, 0.4) is 0 Å². The number of pyridine rings is 1. The van der Waals surface area contributed by atoms with Gasteiger partial charge in [-0.2, -0.15) is 0 Å². The molecule has 0 spiro atoms. The number of hydrogen-bond acceptors (Lipinski definition) is 3. The summed E-state index contributed by atoms with van der Waals surface area (Å²) in [7, 11) is 0. The minimum absolute atomic E-state index is 0.0769. The van der Waals surface area contributed by atoms with E-state index in [1.165, 1.54) is 12.8 Å². The van der Waals surface area contributed by atoms with Crippen molar-refractivity contribution in [2.24, 2.45) is 0 Å². The quantitative estimate of drug-likeness (QED) is 0.870. The summed E-state index contributed by atoms with van der Waals surface area (Å²) in [5.41, 5.74) is 0.873. The van der Waals surface area contributed by atoms with Gasteiger partial charge in [-0.25, -0.2) is 0 Å². The summed E-state index contributed by atoms with van der Waals surface area (Å²) in [6, 6.07) is 3.89. The Kier molecular flexibility index (Phi) is 4.36. The van der Waals surface area contributed by atoms with E-state index in [1.54, 1.807) is 12.4 Å². The lowest BCUT2D eigenvalue weighted by Gasteiger charge is -2.44. The lowest BCUT2D eigenvalue weighted by atomic mass is 9.84. The zero-order valence-corrected chi connectivity index (χ0v) is 11.5. The number of aromatic nitrogens is 1. The van der Waals surface area contributed by atoms with Crippen molar-refractivity contribution in [2.45, 2.75) is 51.2 Å². The minimum atomic E-state index is -0.423. The van der Waals surface area contributed by atoms with Crippen LogP contribution < -0.4 is 0 Å². The number of hydrogen-bond donors (Lipinski definition) is 1. The molecular formula is C15H24N2O. The standard InChI is InChI=1S/C15H24N2O/c1-3-17(4-2)15(9-5-6-10-15)14(18)13-8-7-11-16-12-13/h7-8,11-12,14,18H,3-6,9-10H2,1-2H3. The van der Waals surface area contributed by atoms with E-state index in [4.69, 9.17) is 0 Å². The van der Waals surface area contributed by atoms with Gasteiger partial charge in [-0.1, -0.05) is 32.8 Å². The number of nitrogens with zero attached hydrogens (tertiary/aromatic N) is 2. The Morgan fingerprint density at radius 3 is 2.50 bits per heavy atom.